The highest BCUT2D eigenvalue weighted by Gasteiger charge is 2.29. The highest BCUT2D eigenvalue weighted by molar-refractivity contribution is 7.88. The van der Waals surface area contributed by atoms with Gasteiger partial charge in [-0.15, -0.1) is 0 Å². The summed E-state index contributed by atoms with van der Waals surface area (Å²) >= 11 is 0. The minimum absolute atomic E-state index is 0.0486. The molecule has 1 fully saturated rings. The van der Waals surface area contributed by atoms with Crippen molar-refractivity contribution >= 4 is 21.6 Å². The number of anilines is 1. The zero-order valence-corrected chi connectivity index (χ0v) is 16.5. The highest BCUT2D eigenvalue weighted by Crippen LogP contribution is 2.28. The summed E-state index contributed by atoms with van der Waals surface area (Å²) in [4.78, 5) is 12.5. The Balaban J connectivity index is 2.05. The lowest BCUT2D eigenvalue weighted by Crippen LogP contribution is -2.40. The third-order valence-electron chi connectivity index (χ3n) is 4.91. The summed E-state index contributed by atoms with van der Waals surface area (Å²) in [6.07, 6.45) is 5.32. The van der Waals surface area contributed by atoms with Crippen molar-refractivity contribution in [1.29, 1.82) is 0 Å². The molecule has 1 aliphatic rings. The zero-order valence-electron chi connectivity index (χ0n) is 15.7. The van der Waals surface area contributed by atoms with Crippen molar-refractivity contribution in [1.82, 2.24) is 4.31 Å². The second-order valence-electron chi connectivity index (χ2n) is 7.30. The standard InChI is InChI=1S/C19H30N2O3S/c1-14(2)17-11-7-8-15(3)19(17)20-18(22)12-13-21(25(4,23)24)16-9-5-6-10-16/h7-8,11,14,16H,5-6,9-10,12-13H2,1-4H3,(H,20,22). The minimum Gasteiger partial charge on any atom is -0.326 e. The molecule has 1 aliphatic carbocycles. The van der Waals surface area contributed by atoms with Crippen LogP contribution >= 0.6 is 0 Å². The minimum atomic E-state index is -3.29. The first kappa shape index (κ1) is 19.9. The number of aryl methyl sites for hydroxylation is 1. The summed E-state index contributed by atoms with van der Waals surface area (Å²) in [5, 5.41) is 3.00. The molecule has 0 spiro atoms. The Bertz CT molecular complexity index is 707. The van der Waals surface area contributed by atoms with Crippen LogP contribution in [0.3, 0.4) is 0 Å². The molecule has 0 atom stereocenters. The number of rotatable bonds is 7. The van der Waals surface area contributed by atoms with E-state index in [2.05, 4.69) is 19.2 Å². The summed E-state index contributed by atoms with van der Waals surface area (Å²) in [6.45, 7) is 6.41. The molecule has 0 aromatic heterocycles. The fraction of sp³-hybridized carbons (Fsp3) is 0.632. The first-order valence-corrected chi connectivity index (χ1v) is 10.9. The molecular weight excluding hydrogens is 336 g/mol. The maximum Gasteiger partial charge on any atom is 0.225 e. The first-order chi connectivity index (χ1) is 11.7. The van der Waals surface area contributed by atoms with Crippen LogP contribution in [0.5, 0.6) is 0 Å². The van der Waals surface area contributed by atoms with Crippen LogP contribution < -0.4 is 5.32 Å². The number of amides is 1. The Kier molecular flexibility index (Phi) is 6.63. The van der Waals surface area contributed by atoms with Crippen molar-refractivity contribution in [2.75, 3.05) is 18.1 Å². The van der Waals surface area contributed by atoms with E-state index in [1.54, 1.807) is 0 Å². The monoisotopic (exact) mass is 366 g/mol. The van der Waals surface area contributed by atoms with Crippen LogP contribution in [0, 0.1) is 6.92 Å². The highest BCUT2D eigenvalue weighted by atomic mass is 32.2. The number of carbonyl (C=O) groups excluding carboxylic acids is 1. The van der Waals surface area contributed by atoms with E-state index >= 15 is 0 Å². The summed E-state index contributed by atoms with van der Waals surface area (Å²) in [5.41, 5.74) is 2.98. The number of nitrogens with one attached hydrogen (secondary N) is 1. The number of hydrogen-bond donors (Lipinski definition) is 1. The van der Waals surface area contributed by atoms with E-state index in [1.807, 2.05) is 25.1 Å². The van der Waals surface area contributed by atoms with Crippen molar-refractivity contribution < 1.29 is 13.2 Å². The molecule has 0 bridgehead atoms. The molecule has 1 aromatic carbocycles. The van der Waals surface area contributed by atoms with E-state index in [-0.39, 0.29) is 24.9 Å². The van der Waals surface area contributed by atoms with Gasteiger partial charge in [-0.25, -0.2) is 8.42 Å². The summed E-state index contributed by atoms with van der Waals surface area (Å²) in [5.74, 6) is 0.170. The molecule has 2 rings (SSSR count). The Hall–Kier alpha value is -1.40. The lowest BCUT2D eigenvalue weighted by Gasteiger charge is -2.26. The van der Waals surface area contributed by atoms with Crippen LogP contribution in [0.25, 0.3) is 0 Å². The van der Waals surface area contributed by atoms with Gasteiger partial charge in [-0.05, 0) is 36.8 Å². The predicted octanol–water partition coefficient (Wildman–Crippen LogP) is 3.65. The van der Waals surface area contributed by atoms with Crippen LogP contribution in [-0.4, -0.2) is 37.5 Å². The fourth-order valence-electron chi connectivity index (χ4n) is 3.57. The maximum absolute atomic E-state index is 12.5. The number of carbonyl (C=O) groups is 1. The Morgan fingerprint density at radius 1 is 1.28 bits per heavy atom. The molecule has 0 radical (unpaired) electrons. The molecule has 0 saturated heterocycles. The predicted molar refractivity (Wildman–Crippen MR) is 102 cm³/mol. The van der Waals surface area contributed by atoms with E-state index in [0.29, 0.717) is 5.92 Å². The van der Waals surface area contributed by atoms with Gasteiger partial charge in [0.1, 0.15) is 0 Å². The van der Waals surface area contributed by atoms with Gasteiger partial charge in [-0.3, -0.25) is 4.79 Å². The Labute approximate surface area is 151 Å². The lowest BCUT2D eigenvalue weighted by atomic mass is 9.98. The van der Waals surface area contributed by atoms with Gasteiger partial charge in [-0.2, -0.15) is 4.31 Å². The molecule has 1 N–H and O–H groups in total. The molecule has 6 heteroatoms. The van der Waals surface area contributed by atoms with Gasteiger partial charge in [0.05, 0.1) is 6.26 Å². The molecule has 1 saturated carbocycles. The molecule has 140 valence electrons. The maximum atomic E-state index is 12.5. The number of sulfonamides is 1. The molecule has 1 amide bonds. The van der Waals surface area contributed by atoms with Crippen LogP contribution in [-0.2, 0) is 14.8 Å². The van der Waals surface area contributed by atoms with Crippen LogP contribution in [0.1, 0.15) is 63.0 Å². The van der Waals surface area contributed by atoms with Gasteiger partial charge in [-0.1, -0.05) is 44.9 Å². The van der Waals surface area contributed by atoms with Gasteiger partial charge in [0.2, 0.25) is 15.9 Å². The van der Waals surface area contributed by atoms with E-state index in [1.165, 1.54) is 10.6 Å². The van der Waals surface area contributed by atoms with Gasteiger partial charge >= 0.3 is 0 Å². The van der Waals surface area contributed by atoms with Gasteiger partial charge in [0.25, 0.3) is 0 Å². The van der Waals surface area contributed by atoms with Gasteiger partial charge in [0.15, 0.2) is 0 Å². The normalized spacial score (nSPS) is 15.9. The average Bonchev–Trinajstić information content (AvgIpc) is 3.01. The van der Waals surface area contributed by atoms with Crippen LogP contribution in [0.2, 0.25) is 0 Å². The third-order valence-corrected chi connectivity index (χ3v) is 6.24. The van der Waals surface area contributed by atoms with Crippen molar-refractivity contribution in [2.24, 2.45) is 0 Å². The number of benzene rings is 1. The molecular formula is C19H30N2O3S. The van der Waals surface area contributed by atoms with Gasteiger partial charge < -0.3 is 5.32 Å². The molecule has 1 aromatic rings. The molecule has 0 aliphatic heterocycles. The Morgan fingerprint density at radius 3 is 2.48 bits per heavy atom. The van der Waals surface area contributed by atoms with Crippen molar-refractivity contribution in [2.45, 2.75) is 64.8 Å². The summed E-state index contributed by atoms with van der Waals surface area (Å²) in [6, 6.07) is 6.04. The SMILES string of the molecule is Cc1cccc(C(C)C)c1NC(=O)CCN(C1CCCC1)S(C)(=O)=O. The Morgan fingerprint density at radius 2 is 1.92 bits per heavy atom. The topological polar surface area (TPSA) is 66.5 Å². The zero-order chi connectivity index (χ0) is 18.6. The van der Waals surface area contributed by atoms with E-state index in [9.17, 15) is 13.2 Å². The average molecular weight is 367 g/mol. The van der Waals surface area contributed by atoms with E-state index in [0.717, 1.165) is 42.5 Å². The molecule has 25 heavy (non-hydrogen) atoms. The third kappa shape index (κ3) is 5.28. The van der Waals surface area contributed by atoms with Crippen LogP contribution in [0.4, 0.5) is 5.69 Å². The van der Waals surface area contributed by atoms with Crippen LogP contribution in [0.15, 0.2) is 18.2 Å². The number of nitrogens with zero attached hydrogens (tertiary/aromatic N) is 1. The lowest BCUT2D eigenvalue weighted by molar-refractivity contribution is -0.116. The smallest absolute Gasteiger partial charge is 0.225 e. The molecule has 0 unspecified atom stereocenters. The van der Waals surface area contributed by atoms with Crippen molar-refractivity contribution in [3.8, 4) is 0 Å². The summed E-state index contributed by atoms with van der Waals surface area (Å²) < 4.78 is 25.7. The quantitative estimate of drug-likeness (QED) is 0.801. The largest absolute Gasteiger partial charge is 0.326 e. The first-order valence-electron chi connectivity index (χ1n) is 9.06. The second kappa shape index (κ2) is 8.32. The molecule has 5 nitrogen and oxygen atoms in total. The molecule has 0 heterocycles. The fourth-order valence-corrected chi connectivity index (χ4v) is 4.74. The van der Waals surface area contributed by atoms with Crippen molar-refractivity contribution in [3.63, 3.8) is 0 Å². The second-order valence-corrected chi connectivity index (χ2v) is 9.24. The number of hydrogen-bond acceptors (Lipinski definition) is 3. The van der Waals surface area contributed by atoms with Gasteiger partial charge in [0, 0.05) is 24.7 Å². The van der Waals surface area contributed by atoms with E-state index < -0.39 is 10.0 Å². The van der Waals surface area contributed by atoms with E-state index in [4.69, 9.17) is 0 Å². The summed E-state index contributed by atoms with van der Waals surface area (Å²) in [7, 11) is -3.29. The number of para-hydroxylation sites is 1. The van der Waals surface area contributed by atoms with Crippen molar-refractivity contribution in [3.05, 3.63) is 29.3 Å².